The van der Waals surface area contributed by atoms with E-state index in [2.05, 4.69) is 10.2 Å². The van der Waals surface area contributed by atoms with E-state index < -0.39 is 0 Å². The number of rotatable bonds is 1. The van der Waals surface area contributed by atoms with Gasteiger partial charge in [-0.2, -0.15) is 5.10 Å². The molecule has 1 aromatic carbocycles. The summed E-state index contributed by atoms with van der Waals surface area (Å²) in [5.41, 5.74) is 8.67. The Bertz CT molecular complexity index is 501. The van der Waals surface area contributed by atoms with Gasteiger partial charge in [0.05, 0.1) is 5.71 Å². The minimum Gasteiger partial charge on any atom is -0.385 e. The van der Waals surface area contributed by atoms with E-state index in [1.54, 1.807) is 0 Å². The molecule has 1 aliphatic heterocycles. The summed E-state index contributed by atoms with van der Waals surface area (Å²) in [7, 11) is 0. The second kappa shape index (κ2) is 4.49. The molecule has 4 heteroatoms. The fourth-order valence-electron chi connectivity index (χ4n) is 1.51. The molecule has 0 aromatic heterocycles. The Morgan fingerprint density at radius 3 is 2.94 bits per heavy atom. The first kappa shape index (κ1) is 10.9. The summed E-state index contributed by atoms with van der Waals surface area (Å²) >= 11 is 5.92. The fraction of sp³-hybridized carbons (Fsp3) is 0.167. The van der Waals surface area contributed by atoms with Crippen LogP contribution in [0.25, 0.3) is 6.08 Å². The molecule has 0 amide bonds. The zero-order chi connectivity index (χ0) is 11.5. The summed E-state index contributed by atoms with van der Waals surface area (Å²) in [6, 6.07) is 7.67. The third-order valence-electron chi connectivity index (χ3n) is 2.35. The Kier molecular flexibility index (Phi) is 3.06. The van der Waals surface area contributed by atoms with Crippen molar-refractivity contribution in [3.8, 4) is 0 Å². The Morgan fingerprint density at radius 2 is 2.19 bits per heavy atom. The van der Waals surface area contributed by atoms with Crippen LogP contribution < -0.4 is 5.73 Å². The Labute approximate surface area is 99.3 Å². The standard InChI is InChI=1S/C12H12ClN3/c1-8-10(7-12(14)16-15-8)5-9-3-2-4-11(13)6-9/h2-6H,7H2,1H3,(H2,14,16)/b10-5+. The van der Waals surface area contributed by atoms with Crippen molar-refractivity contribution in [2.45, 2.75) is 13.3 Å². The number of hydrogen-bond donors (Lipinski definition) is 1. The lowest BCUT2D eigenvalue weighted by Gasteiger charge is -2.10. The SMILES string of the molecule is CC1=NN=C(N)C/C1=C\c1cccc(Cl)c1. The minimum atomic E-state index is 0.541. The molecule has 0 atom stereocenters. The third-order valence-corrected chi connectivity index (χ3v) is 2.59. The second-order valence-corrected chi connectivity index (χ2v) is 4.11. The molecule has 82 valence electrons. The molecule has 2 rings (SSSR count). The Morgan fingerprint density at radius 1 is 1.38 bits per heavy atom. The molecule has 0 radical (unpaired) electrons. The topological polar surface area (TPSA) is 50.7 Å². The molecule has 0 aliphatic carbocycles. The van der Waals surface area contributed by atoms with Gasteiger partial charge in [-0.05, 0) is 36.3 Å². The summed E-state index contributed by atoms with van der Waals surface area (Å²) in [6.45, 7) is 1.92. The molecule has 0 saturated heterocycles. The molecule has 1 heterocycles. The molecular formula is C12H12ClN3. The van der Waals surface area contributed by atoms with Gasteiger partial charge in [0, 0.05) is 11.4 Å². The molecular weight excluding hydrogens is 222 g/mol. The lowest BCUT2D eigenvalue weighted by molar-refractivity contribution is 1.13. The maximum atomic E-state index is 5.92. The average molecular weight is 234 g/mol. The van der Waals surface area contributed by atoms with Crippen molar-refractivity contribution < 1.29 is 0 Å². The fourth-order valence-corrected chi connectivity index (χ4v) is 1.71. The van der Waals surface area contributed by atoms with Gasteiger partial charge in [-0.15, -0.1) is 5.10 Å². The van der Waals surface area contributed by atoms with Crippen LogP contribution in [-0.4, -0.2) is 11.5 Å². The first-order valence-electron chi connectivity index (χ1n) is 4.98. The number of amidine groups is 1. The molecule has 0 fully saturated rings. The quantitative estimate of drug-likeness (QED) is 0.797. The molecule has 0 bridgehead atoms. The molecule has 1 aliphatic rings. The zero-order valence-corrected chi connectivity index (χ0v) is 9.70. The van der Waals surface area contributed by atoms with E-state index in [1.807, 2.05) is 37.3 Å². The monoisotopic (exact) mass is 233 g/mol. The largest absolute Gasteiger partial charge is 0.385 e. The average Bonchev–Trinajstić information content (AvgIpc) is 2.24. The van der Waals surface area contributed by atoms with Crippen LogP contribution >= 0.6 is 11.6 Å². The molecule has 16 heavy (non-hydrogen) atoms. The van der Waals surface area contributed by atoms with Gasteiger partial charge in [-0.25, -0.2) is 0 Å². The predicted octanol–water partition coefficient (Wildman–Crippen LogP) is 2.86. The van der Waals surface area contributed by atoms with E-state index in [9.17, 15) is 0 Å². The molecule has 1 aromatic rings. The summed E-state index contributed by atoms with van der Waals surface area (Å²) in [4.78, 5) is 0. The van der Waals surface area contributed by atoms with E-state index in [0.29, 0.717) is 12.3 Å². The first-order valence-corrected chi connectivity index (χ1v) is 5.36. The Balaban J connectivity index is 2.32. The normalized spacial score (nSPS) is 18.2. The van der Waals surface area contributed by atoms with Crippen molar-refractivity contribution in [3.63, 3.8) is 0 Å². The minimum absolute atomic E-state index is 0.541. The van der Waals surface area contributed by atoms with E-state index in [1.165, 1.54) is 0 Å². The third kappa shape index (κ3) is 2.49. The van der Waals surface area contributed by atoms with E-state index >= 15 is 0 Å². The maximum absolute atomic E-state index is 5.92. The van der Waals surface area contributed by atoms with Gasteiger partial charge in [0.15, 0.2) is 0 Å². The highest BCUT2D eigenvalue weighted by atomic mass is 35.5. The summed E-state index contributed by atoms with van der Waals surface area (Å²) < 4.78 is 0. The molecule has 0 unspecified atom stereocenters. The summed E-state index contributed by atoms with van der Waals surface area (Å²) in [5.74, 6) is 0.541. The van der Waals surface area contributed by atoms with Crippen molar-refractivity contribution in [2.75, 3.05) is 0 Å². The van der Waals surface area contributed by atoms with Crippen molar-refractivity contribution >= 4 is 29.2 Å². The van der Waals surface area contributed by atoms with Crippen molar-refractivity contribution in [2.24, 2.45) is 15.9 Å². The van der Waals surface area contributed by atoms with Crippen LogP contribution in [0.4, 0.5) is 0 Å². The van der Waals surface area contributed by atoms with Crippen LogP contribution in [0.5, 0.6) is 0 Å². The van der Waals surface area contributed by atoms with Crippen LogP contribution in [0.1, 0.15) is 18.9 Å². The van der Waals surface area contributed by atoms with Gasteiger partial charge in [-0.3, -0.25) is 0 Å². The summed E-state index contributed by atoms with van der Waals surface area (Å²) in [6.07, 6.45) is 2.67. The number of hydrogen-bond acceptors (Lipinski definition) is 3. The highest BCUT2D eigenvalue weighted by molar-refractivity contribution is 6.30. The maximum Gasteiger partial charge on any atom is 0.126 e. The number of benzene rings is 1. The smallest absolute Gasteiger partial charge is 0.126 e. The molecule has 3 nitrogen and oxygen atoms in total. The molecule has 0 spiro atoms. The summed E-state index contributed by atoms with van der Waals surface area (Å²) in [5, 5.41) is 8.55. The van der Waals surface area contributed by atoms with Crippen LogP contribution in [0, 0.1) is 0 Å². The van der Waals surface area contributed by atoms with E-state index in [4.69, 9.17) is 17.3 Å². The first-order chi connectivity index (χ1) is 7.65. The predicted molar refractivity (Wildman–Crippen MR) is 68.8 cm³/mol. The van der Waals surface area contributed by atoms with Crippen molar-refractivity contribution in [1.29, 1.82) is 0 Å². The van der Waals surface area contributed by atoms with Gasteiger partial charge in [0.2, 0.25) is 0 Å². The number of nitrogens with zero attached hydrogens (tertiary/aromatic N) is 2. The second-order valence-electron chi connectivity index (χ2n) is 3.68. The van der Waals surface area contributed by atoms with Gasteiger partial charge in [-0.1, -0.05) is 23.7 Å². The van der Waals surface area contributed by atoms with Gasteiger partial charge < -0.3 is 5.73 Å². The lowest BCUT2D eigenvalue weighted by atomic mass is 10.0. The highest BCUT2D eigenvalue weighted by Crippen LogP contribution is 2.17. The molecule has 2 N–H and O–H groups in total. The van der Waals surface area contributed by atoms with Crippen LogP contribution in [0.2, 0.25) is 5.02 Å². The van der Waals surface area contributed by atoms with E-state index in [-0.39, 0.29) is 0 Å². The van der Waals surface area contributed by atoms with Gasteiger partial charge >= 0.3 is 0 Å². The Hall–Kier alpha value is -1.61. The van der Waals surface area contributed by atoms with Crippen LogP contribution in [-0.2, 0) is 0 Å². The zero-order valence-electron chi connectivity index (χ0n) is 8.94. The van der Waals surface area contributed by atoms with E-state index in [0.717, 1.165) is 21.9 Å². The molecule has 0 saturated carbocycles. The van der Waals surface area contributed by atoms with Gasteiger partial charge in [0.25, 0.3) is 0 Å². The van der Waals surface area contributed by atoms with Crippen LogP contribution in [0.3, 0.4) is 0 Å². The number of nitrogens with two attached hydrogens (primary N) is 1. The van der Waals surface area contributed by atoms with Gasteiger partial charge in [0.1, 0.15) is 5.84 Å². The highest BCUT2D eigenvalue weighted by Gasteiger charge is 2.09. The van der Waals surface area contributed by atoms with Crippen molar-refractivity contribution in [3.05, 3.63) is 40.4 Å². The van der Waals surface area contributed by atoms with Crippen molar-refractivity contribution in [1.82, 2.24) is 0 Å². The van der Waals surface area contributed by atoms with Crippen LogP contribution in [0.15, 0.2) is 40.0 Å². The number of halogens is 1. The lowest BCUT2D eigenvalue weighted by Crippen LogP contribution is -2.18.